The Morgan fingerprint density at radius 2 is 2.11 bits per heavy atom. The quantitative estimate of drug-likeness (QED) is 0.797. The van der Waals surface area contributed by atoms with Crippen LogP contribution < -0.4 is 4.90 Å². The highest BCUT2D eigenvalue weighted by Gasteiger charge is 2.45. The minimum absolute atomic E-state index is 0.780. The number of nitrogens with zero attached hydrogens (tertiary/aromatic N) is 2. The van der Waals surface area contributed by atoms with Crippen molar-refractivity contribution < 1.29 is 4.74 Å². The van der Waals surface area contributed by atoms with Crippen molar-refractivity contribution in [3.63, 3.8) is 0 Å². The van der Waals surface area contributed by atoms with E-state index in [2.05, 4.69) is 24.0 Å². The average Bonchev–Trinajstić information content (AvgIpc) is 3.02. The van der Waals surface area contributed by atoms with Crippen molar-refractivity contribution in [1.82, 2.24) is 4.98 Å². The SMILES string of the molecule is CCc1nc(N2CC3CC3C2)ccc1CCOC. The van der Waals surface area contributed by atoms with E-state index in [1.807, 2.05) is 0 Å². The summed E-state index contributed by atoms with van der Waals surface area (Å²) in [4.78, 5) is 7.31. The molecule has 1 saturated carbocycles. The lowest BCUT2D eigenvalue weighted by Crippen LogP contribution is -2.23. The van der Waals surface area contributed by atoms with Gasteiger partial charge in [0.1, 0.15) is 5.82 Å². The van der Waals surface area contributed by atoms with Gasteiger partial charge in [-0.1, -0.05) is 13.0 Å². The van der Waals surface area contributed by atoms with Crippen molar-refractivity contribution >= 4 is 5.82 Å². The molecular formula is C15H22N2O. The van der Waals surface area contributed by atoms with Gasteiger partial charge in [0.25, 0.3) is 0 Å². The van der Waals surface area contributed by atoms with Crippen molar-refractivity contribution in [2.24, 2.45) is 11.8 Å². The lowest BCUT2D eigenvalue weighted by atomic mass is 10.1. The summed E-state index contributed by atoms with van der Waals surface area (Å²) >= 11 is 0. The summed E-state index contributed by atoms with van der Waals surface area (Å²) < 4.78 is 5.16. The van der Waals surface area contributed by atoms with Crippen molar-refractivity contribution in [1.29, 1.82) is 0 Å². The molecule has 0 N–H and O–H groups in total. The highest BCUT2D eigenvalue weighted by atomic mass is 16.5. The molecule has 2 fully saturated rings. The molecule has 1 aliphatic heterocycles. The fraction of sp³-hybridized carbons (Fsp3) is 0.667. The molecule has 2 heterocycles. The summed E-state index contributed by atoms with van der Waals surface area (Å²) in [6, 6.07) is 4.43. The van der Waals surface area contributed by atoms with E-state index in [0.717, 1.165) is 31.3 Å². The third-order valence-electron chi connectivity index (χ3n) is 4.27. The first kappa shape index (κ1) is 12.0. The molecule has 0 radical (unpaired) electrons. The molecular weight excluding hydrogens is 224 g/mol. The van der Waals surface area contributed by atoms with Gasteiger partial charge in [0.05, 0.1) is 6.61 Å². The number of aryl methyl sites for hydroxylation is 1. The monoisotopic (exact) mass is 246 g/mol. The van der Waals surface area contributed by atoms with E-state index in [1.165, 1.54) is 36.6 Å². The number of aromatic nitrogens is 1. The largest absolute Gasteiger partial charge is 0.384 e. The van der Waals surface area contributed by atoms with Gasteiger partial charge in [-0.05, 0) is 42.7 Å². The molecule has 1 aliphatic carbocycles. The van der Waals surface area contributed by atoms with Crippen LogP contribution in [0.3, 0.4) is 0 Å². The maximum absolute atomic E-state index is 5.16. The molecule has 2 unspecified atom stereocenters. The van der Waals surface area contributed by atoms with Crippen molar-refractivity contribution in [3.8, 4) is 0 Å². The molecule has 1 saturated heterocycles. The number of piperidine rings is 1. The van der Waals surface area contributed by atoms with E-state index in [1.54, 1.807) is 7.11 Å². The Bertz CT molecular complexity index is 423. The first-order valence-electron chi connectivity index (χ1n) is 7.04. The van der Waals surface area contributed by atoms with E-state index in [9.17, 15) is 0 Å². The zero-order valence-corrected chi connectivity index (χ0v) is 11.4. The van der Waals surface area contributed by atoms with Gasteiger partial charge in [0.2, 0.25) is 0 Å². The Labute approximate surface area is 109 Å². The maximum Gasteiger partial charge on any atom is 0.128 e. The fourth-order valence-corrected chi connectivity index (χ4v) is 3.03. The number of anilines is 1. The predicted molar refractivity (Wildman–Crippen MR) is 73.0 cm³/mol. The van der Waals surface area contributed by atoms with E-state index < -0.39 is 0 Å². The van der Waals surface area contributed by atoms with Gasteiger partial charge in [0.15, 0.2) is 0 Å². The van der Waals surface area contributed by atoms with E-state index in [4.69, 9.17) is 9.72 Å². The molecule has 0 aromatic carbocycles. The zero-order chi connectivity index (χ0) is 12.5. The van der Waals surface area contributed by atoms with Crippen molar-refractivity contribution in [2.75, 3.05) is 31.7 Å². The minimum Gasteiger partial charge on any atom is -0.384 e. The lowest BCUT2D eigenvalue weighted by Gasteiger charge is -2.20. The van der Waals surface area contributed by atoms with Crippen LogP contribution in [0.2, 0.25) is 0 Å². The van der Waals surface area contributed by atoms with Gasteiger partial charge in [0, 0.05) is 25.9 Å². The zero-order valence-electron chi connectivity index (χ0n) is 11.4. The van der Waals surface area contributed by atoms with Crippen LogP contribution in [-0.4, -0.2) is 31.8 Å². The molecule has 0 bridgehead atoms. The molecule has 3 heteroatoms. The minimum atomic E-state index is 0.780. The molecule has 1 aromatic heterocycles. The Morgan fingerprint density at radius 1 is 1.33 bits per heavy atom. The van der Waals surface area contributed by atoms with Gasteiger partial charge >= 0.3 is 0 Å². The summed E-state index contributed by atoms with van der Waals surface area (Å²) in [6.45, 7) is 5.40. The van der Waals surface area contributed by atoms with E-state index in [-0.39, 0.29) is 0 Å². The summed E-state index contributed by atoms with van der Waals surface area (Å²) in [5, 5.41) is 0. The fourth-order valence-electron chi connectivity index (χ4n) is 3.03. The number of methoxy groups -OCH3 is 1. The van der Waals surface area contributed by atoms with Gasteiger partial charge in [-0.3, -0.25) is 0 Å². The Hall–Kier alpha value is -1.09. The Kier molecular flexibility index (Phi) is 3.25. The highest BCUT2D eigenvalue weighted by molar-refractivity contribution is 5.44. The molecule has 18 heavy (non-hydrogen) atoms. The van der Waals surface area contributed by atoms with E-state index in [0.29, 0.717) is 0 Å². The van der Waals surface area contributed by atoms with Gasteiger partial charge in [-0.2, -0.15) is 0 Å². The molecule has 2 aliphatic rings. The van der Waals surface area contributed by atoms with Crippen molar-refractivity contribution in [3.05, 3.63) is 23.4 Å². The van der Waals surface area contributed by atoms with Crippen LogP contribution in [0.5, 0.6) is 0 Å². The topological polar surface area (TPSA) is 25.4 Å². The van der Waals surface area contributed by atoms with Crippen molar-refractivity contribution in [2.45, 2.75) is 26.2 Å². The molecule has 98 valence electrons. The number of fused-ring (bicyclic) bond motifs is 1. The van der Waals surface area contributed by atoms with Crippen LogP contribution in [0.15, 0.2) is 12.1 Å². The standard InChI is InChI=1S/C15H22N2O/c1-3-14-11(6-7-18-2)4-5-15(16-14)17-9-12-8-13(12)10-17/h4-5,12-13H,3,6-10H2,1-2H3. The second kappa shape index (κ2) is 4.88. The lowest BCUT2D eigenvalue weighted by molar-refractivity contribution is 0.202. The smallest absolute Gasteiger partial charge is 0.128 e. The van der Waals surface area contributed by atoms with Crippen LogP contribution in [0.25, 0.3) is 0 Å². The third kappa shape index (κ3) is 2.24. The predicted octanol–water partition coefficient (Wildman–Crippen LogP) is 2.29. The summed E-state index contributed by atoms with van der Waals surface area (Å²) in [6.07, 6.45) is 3.43. The average molecular weight is 246 g/mol. The molecule has 1 aromatic rings. The van der Waals surface area contributed by atoms with Crippen LogP contribution in [-0.2, 0) is 17.6 Å². The summed E-state index contributed by atoms with van der Waals surface area (Å²) in [7, 11) is 1.75. The van der Waals surface area contributed by atoms with Crippen LogP contribution >= 0.6 is 0 Å². The number of rotatable bonds is 5. The number of ether oxygens (including phenoxy) is 1. The van der Waals surface area contributed by atoms with Crippen LogP contribution in [0.4, 0.5) is 5.82 Å². The van der Waals surface area contributed by atoms with Crippen LogP contribution in [0.1, 0.15) is 24.6 Å². The summed E-state index contributed by atoms with van der Waals surface area (Å²) in [5.41, 5.74) is 2.58. The normalized spacial score (nSPS) is 25.3. The highest BCUT2D eigenvalue weighted by Crippen LogP contribution is 2.45. The Balaban J connectivity index is 1.75. The number of pyridine rings is 1. The second-order valence-corrected chi connectivity index (χ2v) is 5.53. The first-order chi connectivity index (χ1) is 8.81. The number of hydrogen-bond acceptors (Lipinski definition) is 3. The van der Waals surface area contributed by atoms with Gasteiger partial charge in [-0.25, -0.2) is 4.98 Å². The van der Waals surface area contributed by atoms with E-state index >= 15 is 0 Å². The molecule has 3 nitrogen and oxygen atoms in total. The molecule has 0 spiro atoms. The summed E-state index contributed by atoms with van der Waals surface area (Å²) in [5.74, 6) is 3.11. The van der Waals surface area contributed by atoms with Gasteiger partial charge < -0.3 is 9.64 Å². The molecule has 0 amide bonds. The third-order valence-corrected chi connectivity index (χ3v) is 4.27. The second-order valence-electron chi connectivity index (χ2n) is 5.53. The first-order valence-corrected chi connectivity index (χ1v) is 7.04. The van der Waals surface area contributed by atoms with Crippen LogP contribution in [0, 0.1) is 11.8 Å². The number of hydrogen-bond donors (Lipinski definition) is 0. The molecule has 3 rings (SSSR count). The maximum atomic E-state index is 5.16. The Morgan fingerprint density at radius 3 is 2.78 bits per heavy atom. The van der Waals surface area contributed by atoms with Gasteiger partial charge in [-0.15, -0.1) is 0 Å². The molecule has 2 atom stereocenters.